The van der Waals surface area contributed by atoms with Crippen molar-refractivity contribution in [2.75, 3.05) is 12.0 Å². The summed E-state index contributed by atoms with van der Waals surface area (Å²) >= 11 is 0. The molecule has 4 atom stereocenters. The third-order valence-corrected chi connectivity index (χ3v) is 2.75. The second-order valence-corrected chi connectivity index (χ2v) is 4.48. The Morgan fingerprint density at radius 1 is 1.10 bits per heavy atom. The fourth-order valence-corrected chi connectivity index (χ4v) is 1.44. The molecule has 6 N–H and O–H groups in total. The second kappa shape index (κ2) is 7.93. The van der Waals surface area contributed by atoms with Gasteiger partial charge in [0, 0.05) is 0 Å². The van der Waals surface area contributed by atoms with Crippen molar-refractivity contribution in [2.45, 2.75) is 31.3 Å². The number of aliphatic hydroxyl groups is 5. The van der Waals surface area contributed by atoms with Crippen LogP contribution in [0.4, 0.5) is 5.69 Å². The summed E-state index contributed by atoms with van der Waals surface area (Å²) in [6.45, 7) is 1.23. The van der Waals surface area contributed by atoms with Crippen molar-refractivity contribution in [1.82, 2.24) is 0 Å². The highest BCUT2D eigenvalue weighted by molar-refractivity contribution is 5.65. The quantitative estimate of drug-likeness (QED) is 0.277. The highest BCUT2D eigenvalue weighted by atomic mass is 16.4. The van der Waals surface area contributed by atoms with Gasteiger partial charge in [-0.25, -0.2) is 0 Å². The number of hydrogen-bond donors (Lipinski definition) is 6. The van der Waals surface area contributed by atoms with E-state index in [-0.39, 0.29) is 0 Å². The Morgan fingerprint density at radius 3 is 2.25 bits per heavy atom. The van der Waals surface area contributed by atoms with E-state index in [1.165, 1.54) is 0 Å². The lowest BCUT2D eigenvalue weighted by Gasteiger charge is -2.23. The van der Waals surface area contributed by atoms with Gasteiger partial charge in [-0.05, 0) is 19.1 Å². The summed E-state index contributed by atoms with van der Waals surface area (Å²) in [7, 11) is 0. The zero-order valence-corrected chi connectivity index (χ0v) is 11.1. The number of hydrazone groups is 1. The van der Waals surface area contributed by atoms with Gasteiger partial charge in [-0.15, -0.1) is 0 Å². The van der Waals surface area contributed by atoms with Gasteiger partial charge in [-0.3, -0.25) is 5.43 Å². The van der Waals surface area contributed by atoms with Crippen molar-refractivity contribution >= 4 is 11.9 Å². The number of aryl methyl sites for hydroxylation is 1. The van der Waals surface area contributed by atoms with Crippen LogP contribution in [-0.2, 0) is 0 Å². The van der Waals surface area contributed by atoms with E-state index in [4.69, 9.17) is 10.2 Å². The number of nitrogens with one attached hydrogen (secondary N) is 1. The second-order valence-electron chi connectivity index (χ2n) is 4.48. The van der Waals surface area contributed by atoms with Crippen LogP contribution in [0, 0.1) is 6.92 Å². The Kier molecular flexibility index (Phi) is 6.56. The maximum Gasteiger partial charge on any atom is 0.119 e. The summed E-state index contributed by atoms with van der Waals surface area (Å²) in [5, 5.41) is 50.0. The molecule has 0 saturated carbocycles. The van der Waals surface area contributed by atoms with Crippen LogP contribution >= 0.6 is 0 Å². The lowest BCUT2D eigenvalue weighted by atomic mass is 10.0. The van der Waals surface area contributed by atoms with E-state index in [0.717, 1.165) is 11.8 Å². The molecule has 0 heterocycles. The van der Waals surface area contributed by atoms with Crippen molar-refractivity contribution in [2.24, 2.45) is 5.10 Å². The van der Waals surface area contributed by atoms with Crippen LogP contribution < -0.4 is 5.43 Å². The maximum atomic E-state index is 9.56. The molecular formula is C13H20N2O5. The van der Waals surface area contributed by atoms with Crippen LogP contribution in [0.5, 0.6) is 0 Å². The molecule has 0 spiro atoms. The molecule has 0 bridgehead atoms. The topological polar surface area (TPSA) is 126 Å². The normalized spacial score (nSPS) is 17.7. The minimum absolute atomic E-state index is 0.699. The van der Waals surface area contributed by atoms with Crippen LogP contribution in [0.1, 0.15) is 5.56 Å². The van der Waals surface area contributed by atoms with Crippen LogP contribution in [0.3, 0.4) is 0 Å². The number of aliphatic hydroxyl groups excluding tert-OH is 5. The summed E-state index contributed by atoms with van der Waals surface area (Å²) in [6.07, 6.45) is -5.33. The van der Waals surface area contributed by atoms with Crippen molar-refractivity contribution in [1.29, 1.82) is 0 Å². The molecule has 0 aliphatic heterocycles. The average Bonchev–Trinajstić information content (AvgIpc) is 2.46. The van der Waals surface area contributed by atoms with Gasteiger partial charge in [0.05, 0.1) is 18.5 Å². The fraction of sp³-hybridized carbons (Fsp3) is 0.462. The lowest BCUT2D eigenvalue weighted by molar-refractivity contribution is -0.0999. The molecule has 7 nitrogen and oxygen atoms in total. The minimum atomic E-state index is -1.67. The van der Waals surface area contributed by atoms with Crippen molar-refractivity contribution in [3.8, 4) is 0 Å². The number of hydrogen-bond acceptors (Lipinski definition) is 7. The number of benzene rings is 1. The van der Waals surface area contributed by atoms with Gasteiger partial charge in [0.25, 0.3) is 0 Å². The number of rotatable bonds is 7. The van der Waals surface area contributed by atoms with E-state index in [1.54, 1.807) is 12.1 Å². The molecule has 1 aromatic rings. The van der Waals surface area contributed by atoms with E-state index in [9.17, 15) is 15.3 Å². The highest BCUT2D eigenvalue weighted by Crippen LogP contribution is 2.08. The lowest BCUT2D eigenvalue weighted by Crippen LogP contribution is -2.46. The van der Waals surface area contributed by atoms with Gasteiger partial charge in [0.15, 0.2) is 0 Å². The van der Waals surface area contributed by atoms with Crippen LogP contribution in [-0.4, -0.2) is 62.8 Å². The average molecular weight is 284 g/mol. The third kappa shape index (κ3) is 4.87. The van der Waals surface area contributed by atoms with Crippen LogP contribution in [0.2, 0.25) is 0 Å². The summed E-state index contributed by atoms with van der Waals surface area (Å²) in [6, 6.07) is 7.34. The molecule has 7 heteroatoms. The third-order valence-electron chi connectivity index (χ3n) is 2.75. The van der Waals surface area contributed by atoms with Crippen LogP contribution in [0.25, 0.3) is 0 Å². The number of nitrogens with zero attached hydrogens (tertiary/aromatic N) is 1. The zero-order chi connectivity index (χ0) is 15.1. The predicted molar refractivity (Wildman–Crippen MR) is 74.4 cm³/mol. The van der Waals surface area contributed by atoms with E-state index >= 15 is 0 Å². The molecule has 0 amide bonds. The Morgan fingerprint density at radius 2 is 1.70 bits per heavy atom. The molecule has 0 aliphatic carbocycles. The van der Waals surface area contributed by atoms with Crippen molar-refractivity contribution in [3.05, 3.63) is 29.8 Å². The Labute approximate surface area is 116 Å². The van der Waals surface area contributed by atoms with Crippen LogP contribution in [0.15, 0.2) is 29.4 Å². The monoisotopic (exact) mass is 284 g/mol. The summed E-state index contributed by atoms with van der Waals surface area (Å²) in [5.74, 6) is 0. The molecule has 0 saturated heterocycles. The molecule has 112 valence electrons. The Bertz CT molecular complexity index is 423. The smallest absolute Gasteiger partial charge is 0.119 e. The summed E-state index contributed by atoms with van der Waals surface area (Å²) in [4.78, 5) is 0. The maximum absolute atomic E-state index is 9.56. The molecule has 20 heavy (non-hydrogen) atoms. The molecule has 1 aromatic carbocycles. The van der Waals surface area contributed by atoms with E-state index in [1.807, 2.05) is 19.1 Å². The van der Waals surface area contributed by atoms with Gasteiger partial charge < -0.3 is 25.5 Å². The fourth-order valence-electron chi connectivity index (χ4n) is 1.44. The minimum Gasteiger partial charge on any atom is -0.394 e. The molecular weight excluding hydrogens is 264 g/mol. The highest BCUT2D eigenvalue weighted by Gasteiger charge is 2.29. The first-order valence-electron chi connectivity index (χ1n) is 6.14. The number of anilines is 1. The molecule has 0 aromatic heterocycles. The molecule has 0 radical (unpaired) electrons. The SMILES string of the molecule is Cc1ccc(NN=C[C@H](O)[C@@H](O)[C@H](O)[C@H](O)CO)cc1. The van der Waals surface area contributed by atoms with Crippen molar-refractivity contribution < 1.29 is 25.5 Å². The van der Waals surface area contributed by atoms with Gasteiger partial charge >= 0.3 is 0 Å². The van der Waals surface area contributed by atoms with Crippen molar-refractivity contribution in [3.63, 3.8) is 0 Å². The predicted octanol–water partition coefficient (Wildman–Crippen LogP) is -1.17. The van der Waals surface area contributed by atoms with E-state index in [2.05, 4.69) is 10.5 Å². The van der Waals surface area contributed by atoms with Gasteiger partial charge in [-0.1, -0.05) is 17.7 Å². The molecule has 0 unspecified atom stereocenters. The zero-order valence-electron chi connectivity index (χ0n) is 11.1. The summed E-state index contributed by atoms with van der Waals surface area (Å²) < 4.78 is 0. The van der Waals surface area contributed by atoms with E-state index < -0.39 is 31.0 Å². The first-order valence-corrected chi connectivity index (χ1v) is 6.14. The first-order chi connectivity index (χ1) is 9.45. The molecule has 1 rings (SSSR count). The Balaban J connectivity index is 2.50. The first kappa shape index (κ1) is 16.5. The van der Waals surface area contributed by atoms with Gasteiger partial charge in [0.2, 0.25) is 0 Å². The summed E-state index contributed by atoms with van der Waals surface area (Å²) in [5.41, 5.74) is 4.44. The largest absolute Gasteiger partial charge is 0.394 e. The van der Waals surface area contributed by atoms with Gasteiger partial charge in [0.1, 0.15) is 24.4 Å². The van der Waals surface area contributed by atoms with Gasteiger partial charge in [-0.2, -0.15) is 5.10 Å². The molecule has 0 aliphatic rings. The molecule has 0 fully saturated rings. The standard InChI is InChI=1S/C13H20N2O5/c1-8-2-4-9(5-3-8)15-14-6-10(17)12(19)13(20)11(18)7-16/h2-6,10-13,15-20H,7H2,1H3/t10-,11+,12+,13+/m0/s1. The van der Waals surface area contributed by atoms with E-state index in [0.29, 0.717) is 5.69 Å². The Hall–Kier alpha value is -1.51.